The zero-order chi connectivity index (χ0) is 15.4. The van der Waals surface area contributed by atoms with Gasteiger partial charge >= 0.3 is 5.97 Å². The van der Waals surface area contributed by atoms with Crippen molar-refractivity contribution in [3.8, 4) is 0 Å². The van der Waals surface area contributed by atoms with E-state index in [1.165, 1.54) is 0 Å². The van der Waals surface area contributed by atoms with Gasteiger partial charge in [-0.3, -0.25) is 0 Å². The van der Waals surface area contributed by atoms with Crippen LogP contribution in [-0.2, 0) is 11.3 Å². The normalized spacial score (nSPS) is 11.4. The number of hydrogen-bond acceptors (Lipinski definition) is 3. The van der Waals surface area contributed by atoms with Gasteiger partial charge in [0.15, 0.2) is 0 Å². The average Bonchev–Trinajstić information content (AvgIpc) is 2.73. The summed E-state index contributed by atoms with van der Waals surface area (Å²) < 4.78 is 7.70. The number of aryl methyl sites for hydroxylation is 2. The zero-order valence-electron chi connectivity index (χ0n) is 12.8. The van der Waals surface area contributed by atoms with E-state index in [4.69, 9.17) is 9.84 Å². The molecular weight excluding hydrogens is 268 g/mol. The second kappa shape index (κ2) is 6.72. The minimum atomic E-state index is -0.925. The van der Waals surface area contributed by atoms with Crippen molar-refractivity contribution in [1.29, 1.82) is 0 Å². The Morgan fingerprint density at radius 1 is 1.43 bits per heavy atom. The van der Waals surface area contributed by atoms with Crippen LogP contribution >= 0.6 is 0 Å². The van der Waals surface area contributed by atoms with Crippen molar-refractivity contribution < 1.29 is 14.6 Å². The number of rotatable bonds is 7. The molecule has 1 aromatic carbocycles. The molecule has 1 aromatic heterocycles. The number of carbonyl (C=O) groups is 1. The first-order valence-electron chi connectivity index (χ1n) is 7.27. The molecule has 2 aromatic rings. The minimum Gasteiger partial charge on any atom is -0.478 e. The van der Waals surface area contributed by atoms with Crippen LogP contribution in [0.2, 0.25) is 0 Å². The van der Waals surface area contributed by atoms with Crippen molar-refractivity contribution in [3.05, 3.63) is 29.6 Å². The molecule has 0 aliphatic rings. The number of carboxylic acids is 1. The molecule has 5 heteroatoms. The van der Waals surface area contributed by atoms with Gasteiger partial charge in [0, 0.05) is 19.8 Å². The van der Waals surface area contributed by atoms with Crippen molar-refractivity contribution in [2.24, 2.45) is 5.92 Å². The number of benzene rings is 1. The standard InChI is InChI=1S/C16H22N2O3/c1-11(2)10-21-8-4-7-18-12(3)17-14-9-13(16(19)20)5-6-15(14)18/h5-6,9,11H,4,7-8,10H2,1-3H3,(H,19,20). The molecule has 21 heavy (non-hydrogen) atoms. The first-order valence-corrected chi connectivity index (χ1v) is 7.27. The maximum atomic E-state index is 11.0. The number of ether oxygens (including phenoxy) is 1. The topological polar surface area (TPSA) is 64.3 Å². The summed E-state index contributed by atoms with van der Waals surface area (Å²) in [6.07, 6.45) is 0.916. The number of aromatic carboxylic acids is 1. The number of fused-ring (bicyclic) bond motifs is 1. The third-order valence-electron chi connectivity index (χ3n) is 3.31. The lowest BCUT2D eigenvalue weighted by molar-refractivity contribution is 0.0697. The maximum absolute atomic E-state index is 11.0. The molecule has 5 nitrogen and oxygen atoms in total. The van der Waals surface area contributed by atoms with Crippen molar-refractivity contribution in [2.75, 3.05) is 13.2 Å². The molecule has 114 valence electrons. The zero-order valence-corrected chi connectivity index (χ0v) is 12.8. The third-order valence-corrected chi connectivity index (χ3v) is 3.31. The average molecular weight is 290 g/mol. The lowest BCUT2D eigenvalue weighted by Gasteiger charge is -2.09. The van der Waals surface area contributed by atoms with Gasteiger partial charge in [-0.25, -0.2) is 9.78 Å². The van der Waals surface area contributed by atoms with Crippen LogP contribution in [0.15, 0.2) is 18.2 Å². The summed E-state index contributed by atoms with van der Waals surface area (Å²) >= 11 is 0. The molecule has 0 aliphatic heterocycles. The highest BCUT2D eigenvalue weighted by atomic mass is 16.5. The molecule has 2 rings (SSSR count). The molecule has 0 aliphatic carbocycles. The summed E-state index contributed by atoms with van der Waals surface area (Å²) in [5.74, 6) is 0.526. The number of aromatic nitrogens is 2. The number of hydrogen-bond donors (Lipinski definition) is 1. The molecule has 0 bridgehead atoms. The summed E-state index contributed by atoms with van der Waals surface area (Å²) in [5.41, 5.74) is 1.98. The summed E-state index contributed by atoms with van der Waals surface area (Å²) in [7, 11) is 0. The smallest absolute Gasteiger partial charge is 0.335 e. The predicted molar refractivity (Wildman–Crippen MR) is 81.7 cm³/mol. The first-order chi connectivity index (χ1) is 9.99. The Morgan fingerprint density at radius 2 is 2.19 bits per heavy atom. The Balaban J connectivity index is 2.06. The molecule has 0 amide bonds. The second-order valence-electron chi connectivity index (χ2n) is 5.64. The van der Waals surface area contributed by atoms with Crippen LogP contribution in [0, 0.1) is 12.8 Å². The second-order valence-corrected chi connectivity index (χ2v) is 5.64. The quantitative estimate of drug-likeness (QED) is 0.796. The molecule has 1 heterocycles. The van der Waals surface area contributed by atoms with Gasteiger partial charge in [0.25, 0.3) is 0 Å². The van der Waals surface area contributed by atoms with Crippen LogP contribution in [-0.4, -0.2) is 33.8 Å². The van der Waals surface area contributed by atoms with Crippen molar-refractivity contribution in [2.45, 2.75) is 33.7 Å². The van der Waals surface area contributed by atoms with Crippen LogP contribution in [0.1, 0.15) is 36.5 Å². The largest absolute Gasteiger partial charge is 0.478 e. The molecule has 0 saturated heterocycles. The fourth-order valence-electron chi connectivity index (χ4n) is 2.31. The van der Waals surface area contributed by atoms with E-state index in [1.54, 1.807) is 12.1 Å². The van der Waals surface area contributed by atoms with Crippen LogP contribution in [0.5, 0.6) is 0 Å². The summed E-state index contributed by atoms with van der Waals surface area (Å²) in [6, 6.07) is 5.07. The highest BCUT2D eigenvalue weighted by molar-refractivity contribution is 5.92. The van der Waals surface area contributed by atoms with Crippen LogP contribution in [0.4, 0.5) is 0 Å². The maximum Gasteiger partial charge on any atom is 0.335 e. The van der Waals surface area contributed by atoms with E-state index in [2.05, 4.69) is 23.4 Å². The van der Waals surface area contributed by atoms with Crippen LogP contribution in [0.25, 0.3) is 11.0 Å². The number of carboxylic acid groups (broad SMARTS) is 1. The fraction of sp³-hybridized carbons (Fsp3) is 0.500. The Labute approximate surface area is 124 Å². The Kier molecular flexibility index (Phi) is 4.96. The van der Waals surface area contributed by atoms with Gasteiger partial charge in [-0.2, -0.15) is 0 Å². The van der Waals surface area contributed by atoms with E-state index in [1.807, 2.05) is 13.0 Å². The molecule has 0 saturated carbocycles. The monoisotopic (exact) mass is 290 g/mol. The minimum absolute atomic E-state index is 0.271. The SMILES string of the molecule is Cc1nc2cc(C(=O)O)ccc2n1CCCOCC(C)C. The van der Waals surface area contributed by atoms with Crippen molar-refractivity contribution in [1.82, 2.24) is 9.55 Å². The van der Waals surface area contributed by atoms with Crippen molar-refractivity contribution in [3.63, 3.8) is 0 Å². The highest BCUT2D eigenvalue weighted by Crippen LogP contribution is 2.18. The van der Waals surface area contributed by atoms with Crippen molar-refractivity contribution >= 4 is 17.0 Å². The van der Waals surface area contributed by atoms with E-state index in [0.29, 0.717) is 5.92 Å². The Hall–Kier alpha value is -1.88. The van der Waals surface area contributed by atoms with Gasteiger partial charge in [-0.05, 0) is 37.5 Å². The lowest BCUT2D eigenvalue weighted by atomic mass is 10.2. The number of nitrogens with zero attached hydrogens (tertiary/aromatic N) is 2. The van der Waals surface area contributed by atoms with Gasteiger partial charge < -0.3 is 14.4 Å². The molecule has 0 unspecified atom stereocenters. The van der Waals surface area contributed by atoms with Crippen LogP contribution in [0.3, 0.4) is 0 Å². The Morgan fingerprint density at radius 3 is 2.86 bits per heavy atom. The molecular formula is C16H22N2O3. The van der Waals surface area contributed by atoms with Gasteiger partial charge in [0.1, 0.15) is 5.82 Å². The highest BCUT2D eigenvalue weighted by Gasteiger charge is 2.10. The van der Waals surface area contributed by atoms with E-state index >= 15 is 0 Å². The van der Waals surface area contributed by atoms with Gasteiger partial charge in [-0.1, -0.05) is 13.8 Å². The summed E-state index contributed by atoms with van der Waals surface area (Å²) in [4.78, 5) is 15.4. The first kappa shape index (κ1) is 15.5. The molecule has 0 fully saturated rings. The Bertz CT molecular complexity index is 632. The van der Waals surface area contributed by atoms with E-state index < -0.39 is 5.97 Å². The summed E-state index contributed by atoms with van der Waals surface area (Å²) in [6.45, 7) is 8.54. The van der Waals surface area contributed by atoms with E-state index in [0.717, 1.165) is 43.0 Å². The molecule has 0 radical (unpaired) electrons. The van der Waals surface area contributed by atoms with E-state index in [9.17, 15) is 4.79 Å². The molecule has 0 spiro atoms. The third kappa shape index (κ3) is 3.82. The number of imidazole rings is 1. The van der Waals surface area contributed by atoms with Crippen LogP contribution < -0.4 is 0 Å². The predicted octanol–water partition coefficient (Wildman–Crippen LogP) is 3.11. The summed E-state index contributed by atoms with van der Waals surface area (Å²) in [5, 5.41) is 9.01. The van der Waals surface area contributed by atoms with Gasteiger partial charge in [0.05, 0.1) is 16.6 Å². The van der Waals surface area contributed by atoms with E-state index in [-0.39, 0.29) is 5.56 Å². The lowest BCUT2D eigenvalue weighted by Crippen LogP contribution is -2.07. The molecule has 1 N–H and O–H groups in total. The molecule has 0 atom stereocenters. The van der Waals surface area contributed by atoms with Gasteiger partial charge in [0.2, 0.25) is 0 Å². The van der Waals surface area contributed by atoms with Gasteiger partial charge in [-0.15, -0.1) is 0 Å². The fourth-order valence-corrected chi connectivity index (χ4v) is 2.31.